The molecule has 0 amide bonds. The third kappa shape index (κ3) is 4.43. The predicted octanol–water partition coefficient (Wildman–Crippen LogP) is 3.70. The fourth-order valence-electron chi connectivity index (χ4n) is 2.29. The zero-order valence-corrected chi connectivity index (χ0v) is 12.3. The Morgan fingerprint density at radius 1 is 1.05 bits per heavy atom. The molecular formula is C18H21NO2. The highest BCUT2D eigenvalue weighted by atomic mass is 16.4. The predicted molar refractivity (Wildman–Crippen MR) is 85.0 cm³/mol. The van der Waals surface area contributed by atoms with Gasteiger partial charge in [-0.1, -0.05) is 67.9 Å². The van der Waals surface area contributed by atoms with Gasteiger partial charge in [-0.3, -0.25) is 4.79 Å². The molecule has 0 aliphatic rings. The number of hydrogen-bond donors (Lipinski definition) is 2. The average Bonchev–Trinajstić information content (AvgIpc) is 2.52. The van der Waals surface area contributed by atoms with Crippen LogP contribution in [-0.2, 0) is 11.3 Å². The van der Waals surface area contributed by atoms with E-state index in [4.69, 9.17) is 5.11 Å². The van der Waals surface area contributed by atoms with Crippen molar-refractivity contribution in [2.75, 3.05) is 0 Å². The van der Waals surface area contributed by atoms with E-state index in [1.807, 2.05) is 37.3 Å². The van der Waals surface area contributed by atoms with Crippen molar-refractivity contribution >= 4 is 5.97 Å². The molecule has 2 N–H and O–H groups in total. The molecule has 0 fully saturated rings. The van der Waals surface area contributed by atoms with Crippen LogP contribution >= 0.6 is 0 Å². The standard InChI is InChI=1S/C18H21NO2/c1-2-6-17(18(20)21)19-13-14-9-11-16(12-10-14)15-7-4-3-5-8-15/h3-5,7-12,17,19H,2,6,13H2,1H3,(H,20,21). The minimum atomic E-state index is -0.780. The Morgan fingerprint density at radius 3 is 2.24 bits per heavy atom. The summed E-state index contributed by atoms with van der Waals surface area (Å²) in [5.74, 6) is -0.780. The zero-order chi connectivity index (χ0) is 15.1. The summed E-state index contributed by atoms with van der Waals surface area (Å²) in [7, 11) is 0. The SMILES string of the molecule is CCCC(NCc1ccc(-c2ccccc2)cc1)C(=O)O. The maximum atomic E-state index is 11.1. The van der Waals surface area contributed by atoms with Crippen molar-refractivity contribution in [1.82, 2.24) is 5.32 Å². The van der Waals surface area contributed by atoms with Crippen LogP contribution in [0.25, 0.3) is 11.1 Å². The first-order chi connectivity index (χ1) is 10.2. The molecule has 2 aromatic carbocycles. The van der Waals surface area contributed by atoms with Gasteiger partial charge < -0.3 is 10.4 Å². The maximum Gasteiger partial charge on any atom is 0.320 e. The molecule has 110 valence electrons. The molecule has 0 bridgehead atoms. The molecule has 21 heavy (non-hydrogen) atoms. The monoisotopic (exact) mass is 283 g/mol. The van der Waals surface area contributed by atoms with Crippen molar-refractivity contribution in [2.24, 2.45) is 0 Å². The quantitative estimate of drug-likeness (QED) is 0.814. The average molecular weight is 283 g/mol. The summed E-state index contributed by atoms with van der Waals surface area (Å²) in [4.78, 5) is 11.1. The lowest BCUT2D eigenvalue weighted by atomic mass is 10.0. The molecule has 0 saturated heterocycles. The number of rotatable bonds is 7. The van der Waals surface area contributed by atoms with Crippen LogP contribution in [0.4, 0.5) is 0 Å². The summed E-state index contributed by atoms with van der Waals surface area (Å²) in [5.41, 5.74) is 3.45. The Hall–Kier alpha value is -2.13. The normalized spacial score (nSPS) is 12.0. The molecule has 0 aromatic heterocycles. The first-order valence-corrected chi connectivity index (χ1v) is 7.31. The Labute approximate surface area is 125 Å². The van der Waals surface area contributed by atoms with Crippen molar-refractivity contribution in [1.29, 1.82) is 0 Å². The van der Waals surface area contributed by atoms with Gasteiger partial charge in [-0.2, -0.15) is 0 Å². The minimum Gasteiger partial charge on any atom is -0.480 e. The van der Waals surface area contributed by atoms with Crippen molar-refractivity contribution in [3.05, 3.63) is 60.2 Å². The summed E-state index contributed by atoms with van der Waals surface area (Å²) < 4.78 is 0. The van der Waals surface area contributed by atoms with Gasteiger partial charge in [-0.05, 0) is 23.1 Å². The molecule has 2 aromatic rings. The van der Waals surface area contributed by atoms with Crippen LogP contribution in [0.3, 0.4) is 0 Å². The number of carbonyl (C=O) groups is 1. The van der Waals surface area contributed by atoms with Crippen LogP contribution in [0.15, 0.2) is 54.6 Å². The zero-order valence-electron chi connectivity index (χ0n) is 12.3. The fraction of sp³-hybridized carbons (Fsp3) is 0.278. The number of aliphatic carboxylic acids is 1. The van der Waals surface area contributed by atoms with Crippen molar-refractivity contribution in [2.45, 2.75) is 32.4 Å². The number of carboxylic acids is 1. The minimum absolute atomic E-state index is 0.469. The summed E-state index contributed by atoms with van der Waals surface area (Å²) in [6.45, 7) is 2.57. The molecule has 0 saturated carbocycles. The van der Waals surface area contributed by atoms with Crippen molar-refractivity contribution in [3.63, 3.8) is 0 Å². The molecule has 0 aliphatic carbocycles. The van der Waals surface area contributed by atoms with E-state index in [0.717, 1.165) is 12.0 Å². The molecular weight excluding hydrogens is 262 g/mol. The summed E-state index contributed by atoms with van der Waals surface area (Å²) >= 11 is 0. The topological polar surface area (TPSA) is 49.3 Å². The molecule has 1 atom stereocenters. The van der Waals surface area contributed by atoms with E-state index >= 15 is 0 Å². The summed E-state index contributed by atoms with van der Waals surface area (Å²) in [6.07, 6.45) is 1.51. The van der Waals surface area contributed by atoms with Crippen LogP contribution in [0.2, 0.25) is 0 Å². The van der Waals surface area contributed by atoms with Gasteiger partial charge in [0, 0.05) is 6.54 Å². The number of nitrogens with one attached hydrogen (secondary N) is 1. The lowest BCUT2D eigenvalue weighted by Gasteiger charge is -2.13. The van der Waals surface area contributed by atoms with Crippen LogP contribution in [0.1, 0.15) is 25.3 Å². The Balaban J connectivity index is 1.98. The van der Waals surface area contributed by atoms with Crippen LogP contribution < -0.4 is 5.32 Å². The van der Waals surface area contributed by atoms with E-state index in [0.29, 0.717) is 13.0 Å². The maximum absolute atomic E-state index is 11.1. The lowest BCUT2D eigenvalue weighted by Crippen LogP contribution is -2.35. The molecule has 0 radical (unpaired) electrons. The van der Waals surface area contributed by atoms with Gasteiger partial charge in [-0.25, -0.2) is 0 Å². The highest BCUT2D eigenvalue weighted by Gasteiger charge is 2.14. The third-order valence-electron chi connectivity index (χ3n) is 3.49. The van der Waals surface area contributed by atoms with E-state index in [1.54, 1.807) is 0 Å². The van der Waals surface area contributed by atoms with Gasteiger partial charge >= 0.3 is 5.97 Å². The first kappa shape index (κ1) is 15.3. The van der Waals surface area contributed by atoms with Crippen LogP contribution in [-0.4, -0.2) is 17.1 Å². The van der Waals surface area contributed by atoms with Gasteiger partial charge in [0.1, 0.15) is 6.04 Å². The smallest absolute Gasteiger partial charge is 0.320 e. The molecule has 3 nitrogen and oxygen atoms in total. The highest BCUT2D eigenvalue weighted by molar-refractivity contribution is 5.73. The lowest BCUT2D eigenvalue weighted by molar-refractivity contribution is -0.139. The summed E-state index contributed by atoms with van der Waals surface area (Å²) in [6, 6.07) is 18.0. The van der Waals surface area contributed by atoms with Gasteiger partial charge in [0.25, 0.3) is 0 Å². The Bertz CT molecular complexity index is 564. The van der Waals surface area contributed by atoms with Crippen molar-refractivity contribution in [3.8, 4) is 11.1 Å². The van der Waals surface area contributed by atoms with E-state index in [1.165, 1.54) is 11.1 Å². The van der Waals surface area contributed by atoms with Gasteiger partial charge in [0.2, 0.25) is 0 Å². The van der Waals surface area contributed by atoms with E-state index in [2.05, 4.69) is 29.6 Å². The Morgan fingerprint density at radius 2 is 1.67 bits per heavy atom. The molecule has 0 heterocycles. The van der Waals surface area contributed by atoms with Gasteiger partial charge in [-0.15, -0.1) is 0 Å². The molecule has 0 spiro atoms. The number of carboxylic acid groups (broad SMARTS) is 1. The van der Waals surface area contributed by atoms with E-state index in [-0.39, 0.29) is 0 Å². The molecule has 1 unspecified atom stereocenters. The van der Waals surface area contributed by atoms with Crippen LogP contribution in [0, 0.1) is 0 Å². The van der Waals surface area contributed by atoms with Crippen LogP contribution in [0.5, 0.6) is 0 Å². The first-order valence-electron chi connectivity index (χ1n) is 7.31. The number of hydrogen-bond acceptors (Lipinski definition) is 2. The number of benzene rings is 2. The Kier molecular flexibility index (Phi) is 5.52. The van der Waals surface area contributed by atoms with Gasteiger partial charge in [0.05, 0.1) is 0 Å². The molecule has 3 heteroatoms. The second-order valence-corrected chi connectivity index (χ2v) is 5.12. The largest absolute Gasteiger partial charge is 0.480 e. The van der Waals surface area contributed by atoms with E-state index < -0.39 is 12.0 Å². The third-order valence-corrected chi connectivity index (χ3v) is 3.49. The van der Waals surface area contributed by atoms with Crippen molar-refractivity contribution < 1.29 is 9.90 Å². The molecule has 2 rings (SSSR count). The fourth-order valence-corrected chi connectivity index (χ4v) is 2.29. The second kappa shape index (κ2) is 7.60. The highest BCUT2D eigenvalue weighted by Crippen LogP contribution is 2.19. The summed E-state index contributed by atoms with van der Waals surface area (Å²) in [5, 5.41) is 12.2. The van der Waals surface area contributed by atoms with Gasteiger partial charge in [0.15, 0.2) is 0 Å². The van der Waals surface area contributed by atoms with E-state index in [9.17, 15) is 4.79 Å². The molecule has 0 aliphatic heterocycles. The second-order valence-electron chi connectivity index (χ2n) is 5.12.